The van der Waals surface area contributed by atoms with Gasteiger partial charge in [-0.2, -0.15) is 0 Å². The van der Waals surface area contributed by atoms with Gasteiger partial charge in [0.25, 0.3) is 0 Å². The number of carbonyl (C=O) groups is 1. The smallest absolute Gasteiger partial charge is 0.222 e. The number of amides is 1. The molecule has 2 fully saturated rings. The van der Waals surface area contributed by atoms with Crippen LogP contribution in [-0.2, 0) is 11.8 Å². The first-order valence-electron chi connectivity index (χ1n) is 11.3. The molecule has 0 bridgehead atoms. The van der Waals surface area contributed by atoms with Crippen LogP contribution >= 0.6 is 0 Å². The number of aromatic nitrogens is 3. The number of nitrogens with zero attached hydrogens (tertiary/aromatic N) is 4. The zero-order chi connectivity index (χ0) is 21.9. The van der Waals surface area contributed by atoms with Crippen LogP contribution in [0.5, 0.6) is 5.88 Å². The van der Waals surface area contributed by atoms with E-state index in [2.05, 4.69) is 51.9 Å². The highest BCUT2D eigenvalue weighted by molar-refractivity contribution is 6.08. The van der Waals surface area contributed by atoms with Crippen molar-refractivity contribution in [3.63, 3.8) is 0 Å². The third-order valence-corrected chi connectivity index (χ3v) is 7.19. The summed E-state index contributed by atoms with van der Waals surface area (Å²) < 4.78 is 8.31. The van der Waals surface area contributed by atoms with Crippen molar-refractivity contribution in [2.75, 3.05) is 13.1 Å². The molecule has 4 heterocycles. The van der Waals surface area contributed by atoms with Crippen LogP contribution in [-0.4, -0.2) is 44.5 Å². The van der Waals surface area contributed by atoms with E-state index in [9.17, 15) is 4.79 Å². The summed E-state index contributed by atoms with van der Waals surface area (Å²) in [4.78, 5) is 22.6. The lowest BCUT2D eigenvalue weighted by atomic mass is 9.61. The molecule has 1 aliphatic heterocycles. The second-order valence-electron chi connectivity index (χ2n) is 9.32. The number of hydrogen-bond acceptors (Lipinski definition) is 4. The van der Waals surface area contributed by atoms with Gasteiger partial charge in [-0.15, -0.1) is 0 Å². The molecule has 0 radical (unpaired) electrons. The minimum atomic E-state index is 0.202. The second-order valence-corrected chi connectivity index (χ2v) is 9.32. The highest BCUT2D eigenvalue weighted by atomic mass is 16.5. The summed E-state index contributed by atoms with van der Waals surface area (Å²) in [6, 6.07) is 12.6. The number of pyridine rings is 2. The van der Waals surface area contributed by atoms with Crippen LogP contribution in [0.25, 0.3) is 32.9 Å². The van der Waals surface area contributed by atoms with Crippen LogP contribution in [0.3, 0.4) is 0 Å². The average molecular weight is 427 g/mol. The lowest BCUT2D eigenvalue weighted by Crippen LogP contribution is -2.65. The number of ether oxygens (including phenoxy) is 1. The zero-order valence-corrected chi connectivity index (χ0v) is 18.4. The SMILES string of the molecule is CCC(=O)N1CC2(CC(Oc3ccc(-c4ccc5c6cnccc6n(C)c5c4)cn3)C2)C1. The van der Waals surface area contributed by atoms with Crippen molar-refractivity contribution in [3.8, 4) is 17.0 Å². The van der Waals surface area contributed by atoms with Crippen molar-refractivity contribution in [3.05, 3.63) is 55.0 Å². The van der Waals surface area contributed by atoms with Crippen molar-refractivity contribution in [1.82, 2.24) is 19.4 Å². The van der Waals surface area contributed by atoms with Gasteiger partial charge in [-0.25, -0.2) is 4.98 Å². The summed E-state index contributed by atoms with van der Waals surface area (Å²) in [5, 5.41) is 2.38. The summed E-state index contributed by atoms with van der Waals surface area (Å²) in [5.74, 6) is 0.932. The predicted molar refractivity (Wildman–Crippen MR) is 124 cm³/mol. The van der Waals surface area contributed by atoms with E-state index in [0.717, 1.165) is 37.1 Å². The Morgan fingerprint density at radius 1 is 1.06 bits per heavy atom. The molecule has 32 heavy (non-hydrogen) atoms. The lowest BCUT2D eigenvalue weighted by Gasteiger charge is -2.58. The topological polar surface area (TPSA) is 60.3 Å². The van der Waals surface area contributed by atoms with E-state index in [1.54, 1.807) is 0 Å². The first-order chi connectivity index (χ1) is 15.5. The Bertz CT molecular complexity index is 1330. The van der Waals surface area contributed by atoms with E-state index in [0.29, 0.717) is 17.7 Å². The van der Waals surface area contributed by atoms with Crippen LogP contribution in [0.4, 0.5) is 0 Å². The van der Waals surface area contributed by atoms with Crippen molar-refractivity contribution in [2.24, 2.45) is 12.5 Å². The lowest BCUT2D eigenvalue weighted by molar-refractivity contribution is -0.160. The van der Waals surface area contributed by atoms with Gasteiger partial charge in [0, 0.05) is 78.5 Å². The first kappa shape index (κ1) is 19.3. The van der Waals surface area contributed by atoms with Crippen molar-refractivity contribution in [1.29, 1.82) is 0 Å². The molecule has 0 N–H and O–H groups in total. The van der Waals surface area contributed by atoms with E-state index in [1.165, 1.54) is 21.8 Å². The maximum Gasteiger partial charge on any atom is 0.222 e. The summed E-state index contributed by atoms with van der Waals surface area (Å²) in [6.45, 7) is 3.70. The number of benzene rings is 1. The molecule has 3 aromatic heterocycles. The Morgan fingerprint density at radius 3 is 2.62 bits per heavy atom. The molecular weight excluding hydrogens is 400 g/mol. The third-order valence-electron chi connectivity index (χ3n) is 7.19. The van der Waals surface area contributed by atoms with Gasteiger partial charge in [0.05, 0.1) is 5.52 Å². The Balaban J connectivity index is 1.15. The maximum absolute atomic E-state index is 11.8. The van der Waals surface area contributed by atoms with Crippen LogP contribution in [0.15, 0.2) is 55.0 Å². The third kappa shape index (κ3) is 2.97. The van der Waals surface area contributed by atoms with E-state index >= 15 is 0 Å². The number of aryl methyl sites for hydroxylation is 1. The number of hydrogen-bond donors (Lipinski definition) is 0. The van der Waals surface area contributed by atoms with Gasteiger partial charge in [0.1, 0.15) is 6.10 Å². The van der Waals surface area contributed by atoms with E-state index in [-0.39, 0.29) is 12.0 Å². The molecule has 1 aromatic carbocycles. The van der Waals surface area contributed by atoms with Crippen LogP contribution in [0, 0.1) is 5.41 Å². The zero-order valence-electron chi connectivity index (χ0n) is 18.4. The van der Waals surface area contributed by atoms with E-state index < -0.39 is 0 Å². The van der Waals surface area contributed by atoms with Crippen molar-refractivity contribution >= 4 is 27.7 Å². The Kier molecular flexibility index (Phi) is 4.25. The molecule has 1 spiro atoms. The molecule has 0 unspecified atom stereocenters. The van der Waals surface area contributed by atoms with Gasteiger partial charge >= 0.3 is 0 Å². The minimum Gasteiger partial charge on any atom is -0.474 e. The number of fused-ring (bicyclic) bond motifs is 3. The van der Waals surface area contributed by atoms with Crippen LogP contribution in [0.2, 0.25) is 0 Å². The fourth-order valence-corrected chi connectivity index (χ4v) is 5.44. The normalized spacial score (nSPS) is 17.5. The Morgan fingerprint density at radius 2 is 1.88 bits per heavy atom. The maximum atomic E-state index is 11.8. The summed E-state index contributed by atoms with van der Waals surface area (Å²) in [7, 11) is 2.09. The number of likely N-dealkylation sites (tertiary alicyclic amines) is 1. The van der Waals surface area contributed by atoms with E-state index in [1.807, 2.05) is 36.5 Å². The summed E-state index contributed by atoms with van der Waals surface area (Å²) >= 11 is 0. The highest BCUT2D eigenvalue weighted by Crippen LogP contribution is 2.49. The average Bonchev–Trinajstić information content (AvgIpc) is 3.06. The summed E-state index contributed by atoms with van der Waals surface area (Å²) in [5.41, 5.74) is 4.86. The molecular formula is C26H26N4O2. The monoisotopic (exact) mass is 426 g/mol. The second kappa shape index (κ2) is 7.05. The van der Waals surface area contributed by atoms with Gasteiger partial charge in [0.15, 0.2) is 0 Å². The molecule has 0 atom stereocenters. The largest absolute Gasteiger partial charge is 0.474 e. The van der Waals surface area contributed by atoms with Crippen molar-refractivity contribution < 1.29 is 9.53 Å². The van der Waals surface area contributed by atoms with Crippen LogP contribution < -0.4 is 4.74 Å². The van der Waals surface area contributed by atoms with Gasteiger partial charge in [0.2, 0.25) is 11.8 Å². The molecule has 1 saturated carbocycles. The molecule has 1 amide bonds. The van der Waals surface area contributed by atoms with Gasteiger partial charge < -0.3 is 14.2 Å². The molecule has 162 valence electrons. The Labute approximate surface area is 186 Å². The number of carbonyl (C=O) groups excluding carboxylic acids is 1. The Hall–Kier alpha value is -3.41. The van der Waals surface area contributed by atoms with E-state index in [4.69, 9.17) is 4.74 Å². The molecule has 6 heteroatoms. The van der Waals surface area contributed by atoms with Crippen molar-refractivity contribution in [2.45, 2.75) is 32.3 Å². The molecule has 4 aromatic rings. The molecule has 2 aliphatic rings. The molecule has 1 saturated heterocycles. The predicted octanol–water partition coefficient (Wildman–Crippen LogP) is 4.57. The molecule has 1 aliphatic carbocycles. The fourth-order valence-electron chi connectivity index (χ4n) is 5.44. The minimum absolute atomic E-state index is 0.202. The van der Waals surface area contributed by atoms with Gasteiger partial charge in [-0.1, -0.05) is 19.1 Å². The van der Waals surface area contributed by atoms with Gasteiger partial charge in [-0.05, 0) is 36.6 Å². The quantitative estimate of drug-likeness (QED) is 0.480. The fraction of sp³-hybridized carbons (Fsp3) is 0.346. The number of rotatable bonds is 4. The summed E-state index contributed by atoms with van der Waals surface area (Å²) in [6.07, 6.45) is 8.47. The standard InChI is InChI=1S/C26H26N4O2/c1-3-25(31)30-15-26(16-30)11-19(12-26)32-24-7-5-18(13-28-24)17-4-6-20-21-14-27-9-8-22(21)29(2)23(20)10-17/h4-10,13-14,19H,3,11-12,15-16H2,1-2H3. The van der Waals surface area contributed by atoms with Crippen LogP contribution in [0.1, 0.15) is 26.2 Å². The molecule has 6 nitrogen and oxygen atoms in total. The molecule has 6 rings (SSSR count). The first-order valence-corrected chi connectivity index (χ1v) is 11.3. The van der Waals surface area contributed by atoms with Gasteiger partial charge in [-0.3, -0.25) is 9.78 Å². The highest BCUT2D eigenvalue weighted by Gasteiger charge is 2.54.